The summed E-state index contributed by atoms with van der Waals surface area (Å²) in [7, 11) is 6.75. The molecule has 14 nitrogen and oxygen atoms in total. The van der Waals surface area contributed by atoms with E-state index in [1.54, 1.807) is 77.8 Å². The zero-order chi connectivity index (χ0) is 64.2. The number of dihydropyridines is 2. The van der Waals surface area contributed by atoms with Crippen molar-refractivity contribution in [2.75, 3.05) is 28.2 Å². The minimum atomic E-state index is -0.712. The Labute approximate surface area is 528 Å². The molecule has 0 bridgehead atoms. The number of nitrogens with one attached hydrogen (secondary N) is 2. The molecule has 2 aliphatic heterocycles. The maximum atomic E-state index is 10.6. The summed E-state index contributed by atoms with van der Waals surface area (Å²) in [5.74, 6) is -1.42. The highest BCUT2D eigenvalue weighted by Gasteiger charge is 2.36. The Morgan fingerprint density at radius 3 is 0.567 bits per heavy atom. The van der Waals surface area contributed by atoms with Gasteiger partial charge in [-0.2, -0.15) is 21.0 Å². The van der Waals surface area contributed by atoms with E-state index in [1.165, 1.54) is 9.80 Å². The van der Waals surface area contributed by atoms with Crippen molar-refractivity contribution in [3.63, 3.8) is 0 Å². The van der Waals surface area contributed by atoms with Crippen LogP contribution in [0.15, 0.2) is 327 Å². The largest absolute Gasteiger partial charge is 0.353 e. The number of carbonyl (C=O) groups is 2. The summed E-state index contributed by atoms with van der Waals surface area (Å²) in [5, 5.41) is 49.1. The summed E-state index contributed by atoms with van der Waals surface area (Å²) in [6, 6.07) is 91.4. The van der Waals surface area contributed by atoms with Crippen molar-refractivity contribution in [3.8, 4) is 24.3 Å². The van der Waals surface area contributed by atoms with Gasteiger partial charge >= 0.3 is 0 Å². The molecular formula is C76H68N12O2. The molecule has 2 aliphatic rings. The topological polar surface area (TPSA) is 211 Å². The molecule has 6 aromatic carbocycles. The van der Waals surface area contributed by atoms with Gasteiger partial charge in [0.1, 0.15) is 0 Å². The van der Waals surface area contributed by atoms with Crippen molar-refractivity contribution in [2.24, 2.45) is 0 Å². The SMILES string of the molecule is CN(C)C=O.CN(C)C=O.N#CC1=C(c2ccncc2)NC(c2ccncc2)=C(C#N)C1c1ccc(C2C(C#N)=C(c3ccncc3)NC(c3ccncc3)=C2C#N)cc1.c1ccccc1.c1ccccc1.c1ccccc1.c1ccccc1.c1ccccc1. The molecule has 0 spiro atoms. The van der Waals surface area contributed by atoms with Crippen LogP contribution in [0.5, 0.6) is 0 Å². The summed E-state index contributed by atoms with van der Waals surface area (Å²) < 4.78 is 0. The van der Waals surface area contributed by atoms with E-state index < -0.39 is 11.8 Å². The number of benzene rings is 6. The predicted octanol–water partition coefficient (Wildman–Crippen LogP) is 14.2. The molecule has 4 aromatic heterocycles. The monoisotopic (exact) mass is 1180 g/mol. The minimum Gasteiger partial charge on any atom is -0.353 e. The van der Waals surface area contributed by atoms with E-state index in [-0.39, 0.29) is 0 Å². The summed E-state index contributed by atoms with van der Waals surface area (Å²) in [6.07, 6.45) is 14.7. The number of amides is 2. The van der Waals surface area contributed by atoms with Crippen molar-refractivity contribution >= 4 is 35.6 Å². The van der Waals surface area contributed by atoms with Gasteiger partial charge in [0.05, 0.1) is 81.2 Å². The fourth-order valence-corrected chi connectivity index (χ4v) is 8.32. The Hall–Kier alpha value is -12.6. The van der Waals surface area contributed by atoms with Gasteiger partial charge in [0.25, 0.3) is 0 Å². The number of carbonyl (C=O) groups excluding carboxylic acids is 2. The van der Waals surface area contributed by atoms with Crippen molar-refractivity contribution in [2.45, 2.75) is 11.8 Å². The van der Waals surface area contributed by atoms with Gasteiger partial charge in [0.2, 0.25) is 12.8 Å². The van der Waals surface area contributed by atoms with Crippen LogP contribution in [0.3, 0.4) is 0 Å². The van der Waals surface area contributed by atoms with Crippen LogP contribution in [0.25, 0.3) is 22.8 Å². The lowest BCUT2D eigenvalue weighted by molar-refractivity contribution is -0.116. The van der Waals surface area contributed by atoms with Gasteiger partial charge in [0, 0.05) is 100 Å². The molecule has 0 aliphatic carbocycles. The summed E-state index contributed by atoms with van der Waals surface area (Å²) >= 11 is 0. The lowest BCUT2D eigenvalue weighted by atomic mass is 9.76. The molecule has 0 saturated heterocycles. The average molecular weight is 1180 g/mol. The summed E-state index contributed by atoms with van der Waals surface area (Å²) in [5.41, 5.74) is 8.15. The van der Waals surface area contributed by atoms with Gasteiger partial charge in [-0.1, -0.05) is 206 Å². The van der Waals surface area contributed by atoms with E-state index >= 15 is 0 Å². The summed E-state index contributed by atoms with van der Waals surface area (Å²) in [4.78, 5) is 38.3. The first-order valence-electron chi connectivity index (χ1n) is 28.3. The second kappa shape index (κ2) is 40.6. The molecule has 0 atom stereocenters. The molecule has 444 valence electrons. The van der Waals surface area contributed by atoms with Gasteiger partial charge in [-0.3, -0.25) is 29.5 Å². The lowest BCUT2D eigenvalue weighted by Crippen LogP contribution is -2.25. The van der Waals surface area contributed by atoms with Gasteiger partial charge in [-0.25, -0.2) is 0 Å². The van der Waals surface area contributed by atoms with E-state index in [0.29, 0.717) is 56.2 Å². The molecule has 0 radical (unpaired) electrons. The normalized spacial score (nSPS) is 11.7. The number of hydrogen-bond donors (Lipinski definition) is 2. The molecular weight excluding hydrogens is 1110 g/mol. The standard InChI is InChI=1S/C40H24N10.5C6H6.2C3H7NO/c41-21-31-35(32(22-42)38(28-7-15-46-16-8-28)49-37(31)27-5-13-45-14-6-27)25-1-2-26(4-3-25)36-33(23-43)39(29-9-17-47-18-10-29)50-40(34(36)24-44)30-11-19-48-20-12-30;5*1-2-4-6-5-3-1;2*1-4(2)3-5/h1-20,35-36,49-50H;5*1-6H;2*3H,1-2H3. The first-order chi connectivity index (χ1) is 44.2. The summed E-state index contributed by atoms with van der Waals surface area (Å²) in [6.45, 7) is 0. The smallest absolute Gasteiger partial charge is 0.209 e. The van der Waals surface area contributed by atoms with Gasteiger partial charge in [0.15, 0.2) is 0 Å². The van der Waals surface area contributed by atoms with Crippen LogP contribution in [0.4, 0.5) is 0 Å². The van der Waals surface area contributed by atoms with E-state index in [0.717, 1.165) is 35.1 Å². The average Bonchev–Trinajstić information content (AvgIpc) is 0.805. The zero-order valence-corrected chi connectivity index (χ0v) is 50.5. The van der Waals surface area contributed by atoms with E-state index in [9.17, 15) is 30.6 Å². The maximum Gasteiger partial charge on any atom is 0.209 e. The van der Waals surface area contributed by atoms with Crippen LogP contribution in [-0.2, 0) is 9.59 Å². The molecule has 0 saturated carbocycles. The number of hydrogen-bond acceptors (Lipinski definition) is 12. The Bertz CT molecular complexity index is 3300. The number of pyridine rings is 4. The number of nitriles is 4. The third-order valence-electron chi connectivity index (χ3n) is 12.4. The van der Waals surface area contributed by atoms with Crippen LogP contribution in [0, 0.1) is 45.3 Å². The third-order valence-corrected chi connectivity index (χ3v) is 12.4. The first kappa shape index (κ1) is 68.2. The number of aromatic nitrogens is 4. The van der Waals surface area contributed by atoms with Crippen molar-refractivity contribution in [3.05, 3.63) is 360 Å². The maximum absolute atomic E-state index is 10.6. The molecule has 90 heavy (non-hydrogen) atoms. The number of rotatable bonds is 8. The lowest BCUT2D eigenvalue weighted by Gasteiger charge is -2.31. The molecule has 0 fully saturated rings. The molecule has 6 heterocycles. The van der Waals surface area contributed by atoms with Crippen LogP contribution in [0.1, 0.15) is 45.2 Å². The molecule has 12 rings (SSSR count). The predicted molar refractivity (Wildman–Crippen MR) is 357 cm³/mol. The molecule has 2 N–H and O–H groups in total. The second-order valence-corrected chi connectivity index (χ2v) is 19.2. The number of nitrogens with zero attached hydrogens (tertiary/aromatic N) is 10. The molecule has 0 unspecified atom stereocenters. The highest BCUT2D eigenvalue weighted by molar-refractivity contribution is 5.90. The zero-order valence-electron chi connectivity index (χ0n) is 50.5. The quantitative estimate of drug-likeness (QED) is 0.136. The Balaban J connectivity index is 0.000000290. The van der Waals surface area contributed by atoms with Crippen LogP contribution in [0.2, 0.25) is 0 Å². The van der Waals surface area contributed by atoms with E-state index in [4.69, 9.17) is 0 Å². The highest BCUT2D eigenvalue weighted by Crippen LogP contribution is 2.45. The fraction of sp³-hybridized carbons (Fsp3) is 0.0789. The van der Waals surface area contributed by atoms with Crippen LogP contribution in [-0.4, -0.2) is 70.7 Å². The fourth-order valence-electron chi connectivity index (χ4n) is 8.32. The third kappa shape index (κ3) is 22.8. The van der Waals surface area contributed by atoms with Gasteiger partial charge < -0.3 is 20.4 Å². The Morgan fingerprint density at radius 1 is 0.300 bits per heavy atom. The van der Waals surface area contributed by atoms with Crippen LogP contribution >= 0.6 is 0 Å². The van der Waals surface area contributed by atoms with Crippen LogP contribution < -0.4 is 10.6 Å². The Kier molecular flexibility index (Phi) is 30.8. The van der Waals surface area contributed by atoms with Crippen molar-refractivity contribution in [1.29, 1.82) is 21.0 Å². The van der Waals surface area contributed by atoms with Crippen molar-refractivity contribution in [1.82, 2.24) is 40.4 Å². The van der Waals surface area contributed by atoms with Gasteiger partial charge in [-0.15, -0.1) is 0 Å². The van der Waals surface area contributed by atoms with E-state index in [1.807, 2.05) is 255 Å². The second-order valence-electron chi connectivity index (χ2n) is 19.2. The van der Waals surface area contributed by atoms with E-state index in [2.05, 4.69) is 54.8 Å². The molecule has 10 aromatic rings. The Morgan fingerprint density at radius 2 is 0.444 bits per heavy atom. The molecule has 14 heteroatoms. The minimum absolute atomic E-state index is 0.371. The number of allylic oxidation sites excluding steroid dienone is 4. The van der Waals surface area contributed by atoms with Crippen molar-refractivity contribution < 1.29 is 9.59 Å². The van der Waals surface area contributed by atoms with Gasteiger partial charge in [-0.05, 0) is 59.7 Å². The molecule has 2 amide bonds. The highest BCUT2D eigenvalue weighted by atomic mass is 16.1. The first-order valence-corrected chi connectivity index (χ1v) is 28.3.